The fraction of sp³-hybridized carbons (Fsp3) is 0.941. The largest absolute Gasteiger partial charge is 0.383 e. The molecule has 2 saturated heterocycles. The maximum absolute atomic E-state index is 5.16. The molecule has 2 fully saturated rings. The lowest BCUT2D eigenvalue weighted by atomic mass is 9.96. The van der Waals surface area contributed by atoms with Crippen molar-refractivity contribution >= 4 is 29.9 Å². The average molecular weight is 438 g/mol. The third-order valence-electron chi connectivity index (χ3n) is 5.16. The first-order valence-corrected chi connectivity index (χ1v) is 8.89. The zero-order valence-electron chi connectivity index (χ0n) is 15.1. The number of nitrogens with zero attached hydrogens (tertiary/aromatic N) is 3. The lowest BCUT2D eigenvalue weighted by Crippen LogP contribution is -2.47. The number of guanidine groups is 1. The predicted molar refractivity (Wildman–Crippen MR) is 108 cm³/mol. The van der Waals surface area contributed by atoms with Crippen molar-refractivity contribution < 1.29 is 4.74 Å². The number of hydrogen-bond acceptors (Lipinski definition) is 3. The first-order valence-electron chi connectivity index (χ1n) is 8.89. The van der Waals surface area contributed by atoms with Crippen LogP contribution in [0.3, 0.4) is 0 Å². The number of piperidine rings is 2. The molecule has 23 heavy (non-hydrogen) atoms. The van der Waals surface area contributed by atoms with E-state index in [-0.39, 0.29) is 24.0 Å². The number of ether oxygens (including phenoxy) is 1. The quantitative estimate of drug-likeness (QED) is 0.406. The second-order valence-corrected chi connectivity index (χ2v) is 6.88. The number of methoxy groups -OCH3 is 1. The second kappa shape index (κ2) is 11.5. The minimum atomic E-state index is 0. The molecule has 0 aromatic heterocycles. The van der Waals surface area contributed by atoms with Gasteiger partial charge in [0.15, 0.2) is 5.96 Å². The summed E-state index contributed by atoms with van der Waals surface area (Å²) >= 11 is 0. The van der Waals surface area contributed by atoms with Crippen molar-refractivity contribution in [3.63, 3.8) is 0 Å². The van der Waals surface area contributed by atoms with Crippen molar-refractivity contribution in [3.05, 3.63) is 0 Å². The van der Waals surface area contributed by atoms with E-state index in [2.05, 4.69) is 27.0 Å². The minimum absolute atomic E-state index is 0. The fourth-order valence-corrected chi connectivity index (χ4v) is 3.42. The Morgan fingerprint density at radius 1 is 1.13 bits per heavy atom. The van der Waals surface area contributed by atoms with Crippen molar-refractivity contribution in [3.8, 4) is 0 Å². The van der Waals surface area contributed by atoms with Gasteiger partial charge in [0.2, 0.25) is 0 Å². The van der Waals surface area contributed by atoms with Crippen LogP contribution in [0.1, 0.15) is 32.6 Å². The number of halogens is 1. The van der Waals surface area contributed by atoms with Crippen molar-refractivity contribution in [1.29, 1.82) is 0 Å². The number of aliphatic imine (C=N–C) groups is 1. The van der Waals surface area contributed by atoms with Gasteiger partial charge in [0, 0.05) is 40.3 Å². The van der Waals surface area contributed by atoms with Gasteiger partial charge in [-0.2, -0.15) is 0 Å². The Kier molecular flexibility index (Phi) is 10.5. The molecule has 5 nitrogen and oxygen atoms in total. The molecule has 0 spiro atoms. The summed E-state index contributed by atoms with van der Waals surface area (Å²) in [5, 5.41) is 3.61. The van der Waals surface area contributed by atoms with Crippen LogP contribution in [-0.2, 0) is 4.74 Å². The molecule has 0 aromatic rings. The maximum atomic E-state index is 5.16. The van der Waals surface area contributed by atoms with Gasteiger partial charge < -0.3 is 19.9 Å². The standard InChI is InChI=1S/C17H34N4O.HI/c1-15-4-10-21(11-5-15)17(18-2)19-14-16-6-8-20(9-7-16)12-13-22-3;/h15-16H,4-14H2,1-3H3,(H,18,19);1H. The van der Waals surface area contributed by atoms with Gasteiger partial charge in [-0.15, -0.1) is 24.0 Å². The topological polar surface area (TPSA) is 40.1 Å². The lowest BCUT2D eigenvalue weighted by molar-refractivity contribution is 0.120. The van der Waals surface area contributed by atoms with Crippen LogP contribution in [0.5, 0.6) is 0 Å². The van der Waals surface area contributed by atoms with E-state index in [9.17, 15) is 0 Å². The molecule has 6 heteroatoms. The molecule has 2 rings (SSSR count). The molecule has 0 aromatic carbocycles. The summed E-state index contributed by atoms with van der Waals surface area (Å²) in [6.45, 7) is 10.0. The van der Waals surface area contributed by atoms with E-state index in [0.29, 0.717) is 0 Å². The van der Waals surface area contributed by atoms with Crippen LogP contribution in [-0.4, -0.2) is 75.8 Å². The maximum Gasteiger partial charge on any atom is 0.193 e. The molecule has 0 amide bonds. The van der Waals surface area contributed by atoms with Crippen molar-refractivity contribution in [2.75, 3.05) is 60.0 Å². The van der Waals surface area contributed by atoms with Crippen LogP contribution in [0, 0.1) is 11.8 Å². The summed E-state index contributed by atoms with van der Waals surface area (Å²) in [5.41, 5.74) is 0. The van der Waals surface area contributed by atoms with Gasteiger partial charge >= 0.3 is 0 Å². The Labute approximate surface area is 159 Å². The zero-order chi connectivity index (χ0) is 15.8. The molecule has 2 heterocycles. The Morgan fingerprint density at radius 3 is 2.35 bits per heavy atom. The lowest BCUT2D eigenvalue weighted by Gasteiger charge is -2.35. The smallest absolute Gasteiger partial charge is 0.193 e. The second-order valence-electron chi connectivity index (χ2n) is 6.88. The van der Waals surface area contributed by atoms with Crippen LogP contribution in [0.4, 0.5) is 0 Å². The summed E-state index contributed by atoms with van der Waals surface area (Å²) in [7, 11) is 3.69. The molecule has 0 aliphatic carbocycles. The minimum Gasteiger partial charge on any atom is -0.383 e. The Morgan fingerprint density at radius 2 is 1.78 bits per heavy atom. The van der Waals surface area contributed by atoms with Crippen LogP contribution in [0.2, 0.25) is 0 Å². The molecular weight excluding hydrogens is 403 g/mol. The summed E-state index contributed by atoms with van der Waals surface area (Å²) in [6.07, 6.45) is 5.15. The molecule has 1 N–H and O–H groups in total. The molecule has 0 saturated carbocycles. The molecule has 136 valence electrons. The van der Waals surface area contributed by atoms with Crippen LogP contribution in [0.25, 0.3) is 0 Å². The van der Waals surface area contributed by atoms with Gasteiger partial charge in [-0.05, 0) is 50.6 Å². The highest BCUT2D eigenvalue weighted by atomic mass is 127. The number of nitrogens with one attached hydrogen (secondary N) is 1. The van der Waals surface area contributed by atoms with Gasteiger partial charge in [-0.1, -0.05) is 6.92 Å². The molecule has 0 unspecified atom stereocenters. The fourth-order valence-electron chi connectivity index (χ4n) is 3.42. The van der Waals surface area contributed by atoms with Crippen molar-refractivity contribution in [2.24, 2.45) is 16.8 Å². The van der Waals surface area contributed by atoms with E-state index in [1.165, 1.54) is 38.8 Å². The third kappa shape index (κ3) is 7.13. The Bertz CT molecular complexity index is 337. The van der Waals surface area contributed by atoms with Gasteiger partial charge in [0.25, 0.3) is 0 Å². The normalized spacial score (nSPS) is 22.0. The van der Waals surface area contributed by atoms with Gasteiger partial charge in [-0.25, -0.2) is 0 Å². The predicted octanol–water partition coefficient (Wildman–Crippen LogP) is 2.27. The van der Waals surface area contributed by atoms with E-state index in [4.69, 9.17) is 4.74 Å². The van der Waals surface area contributed by atoms with Crippen LogP contribution in [0.15, 0.2) is 4.99 Å². The molecule has 2 aliphatic rings. The number of rotatable bonds is 5. The summed E-state index contributed by atoms with van der Waals surface area (Å²) in [6, 6.07) is 0. The zero-order valence-corrected chi connectivity index (χ0v) is 17.4. The number of hydrogen-bond donors (Lipinski definition) is 1. The Balaban J connectivity index is 0.00000264. The van der Waals surface area contributed by atoms with E-state index >= 15 is 0 Å². The molecule has 0 atom stereocenters. The van der Waals surface area contributed by atoms with E-state index in [1.807, 2.05) is 7.05 Å². The van der Waals surface area contributed by atoms with Crippen LogP contribution < -0.4 is 5.32 Å². The van der Waals surface area contributed by atoms with Crippen molar-refractivity contribution in [2.45, 2.75) is 32.6 Å². The molecular formula is C17H35IN4O. The number of likely N-dealkylation sites (tertiary alicyclic amines) is 2. The average Bonchev–Trinajstić information content (AvgIpc) is 2.56. The van der Waals surface area contributed by atoms with Gasteiger partial charge in [0.05, 0.1) is 6.61 Å². The monoisotopic (exact) mass is 438 g/mol. The van der Waals surface area contributed by atoms with E-state index in [0.717, 1.165) is 50.6 Å². The highest BCUT2D eigenvalue weighted by Crippen LogP contribution is 2.18. The Hall–Kier alpha value is -0.0800. The van der Waals surface area contributed by atoms with Gasteiger partial charge in [-0.3, -0.25) is 4.99 Å². The highest BCUT2D eigenvalue weighted by molar-refractivity contribution is 14.0. The summed E-state index contributed by atoms with van der Waals surface area (Å²) in [5.74, 6) is 2.75. The van der Waals surface area contributed by atoms with Gasteiger partial charge in [0.1, 0.15) is 0 Å². The molecule has 0 bridgehead atoms. The third-order valence-corrected chi connectivity index (χ3v) is 5.16. The van der Waals surface area contributed by atoms with Crippen LogP contribution >= 0.6 is 24.0 Å². The first kappa shape index (κ1) is 21.0. The molecule has 2 aliphatic heterocycles. The van der Waals surface area contributed by atoms with E-state index in [1.54, 1.807) is 7.11 Å². The summed E-state index contributed by atoms with van der Waals surface area (Å²) in [4.78, 5) is 9.42. The van der Waals surface area contributed by atoms with Crippen molar-refractivity contribution in [1.82, 2.24) is 15.1 Å². The first-order chi connectivity index (χ1) is 10.7. The SMILES string of the molecule is CN=C(NCC1CCN(CCOC)CC1)N1CCC(C)CC1.I. The molecule has 0 radical (unpaired) electrons. The highest BCUT2D eigenvalue weighted by Gasteiger charge is 2.21. The van der Waals surface area contributed by atoms with E-state index < -0.39 is 0 Å². The summed E-state index contributed by atoms with van der Waals surface area (Å²) < 4.78 is 5.16.